The van der Waals surface area contributed by atoms with E-state index in [9.17, 15) is 9.59 Å². The minimum absolute atomic E-state index is 0.234. The van der Waals surface area contributed by atoms with Gasteiger partial charge >= 0.3 is 5.97 Å². The molecule has 2 heterocycles. The zero-order valence-corrected chi connectivity index (χ0v) is 16.9. The van der Waals surface area contributed by atoms with Gasteiger partial charge in [-0.1, -0.05) is 31.2 Å². The summed E-state index contributed by atoms with van der Waals surface area (Å²) in [5, 5.41) is 10.9. The number of benzene rings is 1. The van der Waals surface area contributed by atoms with E-state index in [0.717, 1.165) is 49.0 Å². The molecule has 0 saturated carbocycles. The van der Waals surface area contributed by atoms with E-state index in [1.165, 1.54) is 25.5 Å². The van der Waals surface area contributed by atoms with Gasteiger partial charge in [0.15, 0.2) is 5.17 Å². The van der Waals surface area contributed by atoms with Gasteiger partial charge in [0.2, 0.25) is 0 Å². The van der Waals surface area contributed by atoms with E-state index >= 15 is 0 Å². The van der Waals surface area contributed by atoms with E-state index in [4.69, 9.17) is 0 Å². The second kappa shape index (κ2) is 9.66. The molecule has 148 valence electrons. The first-order valence-corrected chi connectivity index (χ1v) is 10.1. The Labute approximate surface area is 168 Å². The molecule has 0 aromatic heterocycles. The number of carbonyl (C=O) groups is 2. The second-order valence-corrected chi connectivity index (χ2v) is 7.97. The lowest BCUT2D eigenvalue weighted by atomic mass is 9.99. The molecule has 2 aliphatic heterocycles. The zero-order valence-electron chi connectivity index (χ0n) is 16.1. The van der Waals surface area contributed by atoms with Crippen molar-refractivity contribution in [1.82, 2.24) is 10.2 Å². The Morgan fingerprint density at radius 3 is 2.71 bits per heavy atom. The van der Waals surface area contributed by atoms with Gasteiger partial charge in [0.25, 0.3) is 5.91 Å². The summed E-state index contributed by atoms with van der Waals surface area (Å²) >= 11 is 1.05. The highest BCUT2D eigenvalue weighted by molar-refractivity contribution is 8.18. The SMILES string of the molecule is COC(=O)/C=C1/S/C(=N\N=Cc2ccc(CN3CCC(C)CC3)cc2)NC1=O. The quantitative estimate of drug-likeness (QED) is 0.355. The average molecular weight is 401 g/mol. The normalized spacial score (nSPS) is 21.6. The molecule has 2 fully saturated rings. The molecular weight excluding hydrogens is 376 g/mol. The van der Waals surface area contributed by atoms with Crippen LogP contribution in [-0.4, -0.2) is 48.4 Å². The maximum atomic E-state index is 11.7. The van der Waals surface area contributed by atoms with Gasteiger partial charge in [0.1, 0.15) is 0 Å². The second-order valence-electron chi connectivity index (χ2n) is 6.94. The summed E-state index contributed by atoms with van der Waals surface area (Å²) in [7, 11) is 1.26. The number of nitrogens with one attached hydrogen (secondary N) is 1. The molecule has 7 nitrogen and oxygen atoms in total. The number of hydrogen-bond donors (Lipinski definition) is 1. The van der Waals surface area contributed by atoms with Crippen LogP contribution >= 0.6 is 11.8 Å². The number of nitrogens with zero attached hydrogens (tertiary/aromatic N) is 3. The van der Waals surface area contributed by atoms with Crippen molar-refractivity contribution in [3.8, 4) is 0 Å². The van der Waals surface area contributed by atoms with Gasteiger partial charge in [-0.2, -0.15) is 5.10 Å². The minimum atomic E-state index is -0.582. The Hall–Kier alpha value is -2.45. The van der Waals surface area contributed by atoms with Crippen LogP contribution in [0.5, 0.6) is 0 Å². The third-order valence-corrected chi connectivity index (χ3v) is 5.62. The van der Waals surface area contributed by atoms with E-state index < -0.39 is 5.97 Å². The standard InChI is InChI=1S/C20H24N4O3S/c1-14-7-9-24(10-8-14)13-16-5-3-15(4-6-16)12-21-23-20-22-19(26)17(28-20)11-18(25)27-2/h3-6,11-12,14H,7-10,13H2,1-2H3,(H,22,23,26)/b17-11+,21-12?. The summed E-state index contributed by atoms with van der Waals surface area (Å²) in [6.45, 7) is 5.63. The van der Waals surface area contributed by atoms with Crippen molar-refractivity contribution in [1.29, 1.82) is 0 Å². The average Bonchev–Trinajstić information content (AvgIpc) is 3.04. The van der Waals surface area contributed by atoms with Crippen LogP contribution in [0.4, 0.5) is 0 Å². The predicted molar refractivity (Wildman–Crippen MR) is 111 cm³/mol. The maximum absolute atomic E-state index is 11.7. The van der Waals surface area contributed by atoms with Gasteiger partial charge < -0.3 is 4.74 Å². The van der Waals surface area contributed by atoms with Crippen LogP contribution in [0.2, 0.25) is 0 Å². The minimum Gasteiger partial charge on any atom is -0.466 e. The third-order valence-electron chi connectivity index (χ3n) is 4.72. The highest BCUT2D eigenvalue weighted by Crippen LogP contribution is 2.23. The van der Waals surface area contributed by atoms with Crippen molar-refractivity contribution in [2.24, 2.45) is 16.1 Å². The lowest BCUT2D eigenvalue weighted by Gasteiger charge is -2.30. The predicted octanol–water partition coefficient (Wildman–Crippen LogP) is 2.53. The van der Waals surface area contributed by atoms with Gasteiger partial charge in [-0.05, 0) is 54.7 Å². The van der Waals surface area contributed by atoms with Crippen molar-refractivity contribution >= 4 is 35.0 Å². The van der Waals surface area contributed by atoms with Crippen molar-refractivity contribution in [3.05, 3.63) is 46.4 Å². The van der Waals surface area contributed by atoms with Gasteiger partial charge in [-0.25, -0.2) is 4.79 Å². The number of esters is 1. The first-order valence-electron chi connectivity index (χ1n) is 9.24. The molecule has 0 spiro atoms. The van der Waals surface area contributed by atoms with Crippen LogP contribution in [0.1, 0.15) is 30.9 Å². The van der Waals surface area contributed by atoms with E-state index in [1.807, 2.05) is 12.1 Å². The van der Waals surface area contributed by atoms with Crippen molar-refractivity contribution in [2.45, 2.75) is 26.3 Å². The molecule has 0 radical (unpaired) electrons. The number of hydrogen-bond acceptors (Lipinski definition) is 7. The summed E-state index contributed by atoms with van der Waals surface area (Å²) in [4.78, 5) is 25.7. The van der Waals surface area contributed by atoms with Crippen LogP contribution in [0, 0.1) is 5.92 Å². The van der Waals surface area contributed by atoms with Gasteiger partial charge in [-0.15, -0.1) is 5.10 Å². The molecule has 1 aromatic carbocycles. The number of carbonyl (C=O) groups excluding carboxylic acids is 2. The van der Waals surface area contributed by atoms with Crippen molar-refractivity contribution in [2.75, 3.05) is 20.2 Å². The van der Waals surface area contributed by atoms with Crippen LogP contribution in [0.25, 0.3) is 0 Å². The molecular formula is C20H24N4O3S. The largest absolute Gasteiger partial charge is 0.466 e. The fourth-order valence-corrected chi connectivity index (χ4v) is 3.72. The lowest BCUT2D eigenvalue weighted by molar-refractivity contribution is -0.135. The maximum Gasteiger partial charge on any atom is 0.331 e. The van der Waals surface area contributed by atoms with Crippen molar-refractivity contribution < 1.29 is 14.3 Å². The fraction of sp³-hybridized carbons (Fsp3) is 0.400. The Morgan fingerprint density at radius 1 is 1.32 bits per heavy atom. The Bertz CT molecular complexity index is 809. The van der Waals surface area contributed by atoms with Crippen LogP contribution in [0.3, 0.4) is 0 Å². The van der Waals surface area contributed by atoms with Crippen molar-refractivity contribution in [3.63, 3.8) is 0 Å². The highest BCUT2D eigenvalue weighted by Gasteiger charge is 2.25. The van der Waals surface area contributed by atoms with Gasteiger partial charge in [-0.3, -0.25) is 15.0 Å². The van der Waals surface area contributed by atoms with E-state index in [-0.39, 0.29) is 10.8 Å². The number of rotatable bonds is 5. The van der Waals surface area contributed by atoms with E-state index in [0.29, 0.717) is 5.17 Å². The van der Waals surface area contributed by atoms with E-state index in [2.05, 4.69) is 44.2 Å². The first kappa shape index (κ1) is 20.3. The zero-order chi connectivity index (χ0) is 19.9. The Balaban J connectivity index is 1.53. The molecule has 0 aliphatic carbocycles. The molecule has 1 N–H and O–H groups in total. The number of amides is 1. The Kier molecular flexibility index (Phi) is 7.00. The first-order chi connectivity index (χ1) is 13.5. The summed E-state index contributed by atoms with van der Waals surface area (Å²) < 4.78 is 4.52. The molecule has 3 rings (SSSR count). The molecule has 8 heteroatoms. The molecule has 2 saturated heterocycles. The third kappa shape index (κ3) is 5.77. The van der Waals surface area contributed by atoms with Gasteiger partial charge in [0, 0.05) is 12.6 Å². The highest BCUT2D eigenvalue weighted by atomic mass is 32.2. The molecule has 1 amide bonds. The summed E-state index contributed by atoms with van der Waals surface area (Å²) in [6.07, 6.45) is 5.31. The molecule has 1 aromatic rings. The number of likely N-dealkylation sites (tertiary alicyclic amines) is 1. The van der Waals surface area contributed by atoms with E-state index in [1.54, 1.807) is 6.21 Å². The summed E-state index contributed by atoms with van der Waals surface area (Å²) in [5.74, 6) is -0.131. The molecule has 0 bridgehead atoms. The monoisotopic (exact) mass is 400 g/mol. The number of thioether (sulfide) groups is 1. The van der Waals surface area contributed by atoms with Crippen LogP contribution in [0.15, 0.2) is 45.4 Å². The lowest BCUT2D eigenvalue weighted by Crippen LogP contribution is -2.32. The summed E-state index contributed by atoms with van der Waals surface area (Å²) in [6, 6.07) is 8.23. The Morgan fingerprint density at radius 2 is 2.04 bits per heavy atom. The number of piperidine rings is 1. The fourth-order valence-electron chi connectivity index (χ4n) is 2.98. The number of methoxy groups -OCH3 is 1. The topological polar surface area (TPSA) is 83.4 Å². The van der Waals surface area contributed by atoms with Gasteiger partial charge in [0.05, 0.1) is 18.2 Å². The van der Waals surface area contributed by atoms with Crippen LogP contribution in [-0.2, 0) is 20.9 Å². The molecule has 28 heavy (non-hydrogen) atoms. The summed E-state index contributed by atoms with van der Waals surface area (Å²) in [5.41, 5.74) is 2.22. The molecule has 0 unspecified atom stereocenters. The molecule has 2 aliphatic rings. The van der Waals surface area contributed by atoms with Crippen LogP contribution < -0.4 is 5.32 Å². The smallest absolute Gasteiger partial charge is 0.331 e. The number of ether oxygens (including phenoxy) is 1. The molecule has 0 atom stereocenters. The number of amidine groups is 1.